The zero-order valence-electron chi connectivity index (χ0n) is 21.6. The number of amides is 1. The number of Topliss-reactive ketones (excluding diaryl/α,β-unsaturated/α-hetero) is 1. The van der Waals surface area contributed by atoms with Crippen molar-refractivity contribution < 1.29 is 54.2 Å². The summed E-state index contributed by atoms with van der Waals surface area (Å²) in [6.07, 6.45) is -13.0. The third-order valence-corrected chi connectivity index (χ3v) is 9.01. The van der Waals surface area contributed by atoms with Crippen molar-refractivity contribution >= 4 is 27.4 Å². The average molecular weight is 609 g/mol. The van der Waals surface area contributed by atoms with Crippen LogP contribution in [-0.4, -0.2) is 62.9 Å². The molecule has 2 aromatic carbocycles. The van der Waals surface area contributed by atoms with Gasteiger partial charge in [-0.05, 0) is 43.5 Å². The third-order valence-electron chi connectivity index (χ3n) is 7.13. The Morgan fingerprint density at radius 1 is 1.05 bits per heavy atom. The molecule has 1 unspecified atom stereocenters. The van der Waals surface area contributed by atoms with Gasteiger partial charge in [-0.25, -0.2) is 8.42 Å². The monoisotopic (exact) mass is 608 g/mol. The Balaban J connectivity index is 1.76. The Morgan fingerprint density at radius 2 is 1.68 bits per heavy atom. The number of nitrogens with one attached hydrogen (secondary N) is 1. The Morgan fingerprint density at radius 3 is 2.27 bits per heavy atom. The second-order valence-corrected chi connectivity index (χ2v) is 11.8. The molecule has 2 aliphatic heterocycles. The summed E-state index contributed by atoms with van der Waals surface area (Å²) < 4.78 is 115. The highest BCUT2D eigenvalue weighted by atomic mass is 32.2. The van der Waals surface area contributed by atoms with Crippen LogP contribution in [0, 0.1) is 6.92 Å². The molecule has 41 heavy (non-hydrogen) atoms. The molecule has 2 N–H and O–H groups in total. The van der Waals surface area contributed by atoms with Crippen LogP contribution < -0.4 is 9.62 Å². The number of hydrogen-bond acceptors (Lipinski definition) is 6. The van der Waals surface area contributed by atoms with E-state index >= 15 is 0 Å². The van der Waals surface area contributed by atoms with Crippen molar-refractivity contribution in [1.29, 1.82) is 0 Å². The number of ether oxygens (including phenoxy) is 1. The van der Waals surface area contributed by atoms with Crippen LogP contribution in [-0.2, 0) is 36.4 Å². The molecule has 1 fully saturated rings. The molecule has 8 nitrogen and oxygen atoms in total. The minimum absolute atomic E-state index is 0.0620. The minimum Gasteiger partial charge on any atom is -0.378 e. The normalized spacial score (nSPS) is 20.5. The topological polar surface area (TPSA) is 113 Å². The van der Waals surface area contributed by atoms with Gasteiger partial charge in [-0.3, -0.25) is 13.9 Å². The molecule has 1 amide bonds. The molecule has 224 valence electrons. The molecule has 0 saturated carbocycles. The first-order valence-electron chi connectivity index (χ1n) is 12.5. The summed E-state index contributed by atoms with van der Waals surface area (Å²) in [7, 11) is -4.48. The molecule has 15 heteroatoms. The fourth-order valence-corrected chi connectivity index (χ4v) is 6.63. The van der Waals surface area contributed by atoms with Crippen molar-refractivity contribution in [3.05, 3.63) is 59.2 Å². The summed E-state index contributed by atoms with van der Waals surface area (Å²) in [5.74, 6) is -0.955. The van der Waals surface area contributed by atoms with Gasteiger partial charge in [-0.2, -0.15) is 26.3 Å². The van der Waals surface area contributed by atoms with E-state index in [1.165, 1.54) is 24.3 Å². The molecule has 0 bridgehead atoms. The quantitative estimate of drug-likeness (QED) is 0.484. The van der Waals surface area contributed by atoms with Crippen LogP contribution in [0.3, 0.4) is 0 Å². The number of halogens is 6. The number of aliphatic hydroxyl groups is 1. The standard InChI is InChI=1S/C26H26F6N2O6S/c1-15-2-7-19(8-3-15)41(38,39)34-18(13-23(36)33-20-14-40-11-10-22(20)35)6-4-16-12-17(5-9-21(16)34)24(37,25(27,28)29)26(30,31)32/h2-3,5,7-9,12,18,20,37H,4,6,10-11,13-14H2,1H3,(H,33,36)/t18-,20?/m0/s1. The van der Waals surface area contributed by atoms with Crippen LogP contribution in [0.15, 0.2) is 47.4 Å². The molecule has 1 saturated heterocycles. The average Bonchev–Trinajstić information content (AvgIpc) is 2.88. The molecule has 0 spiro atoms. The number of nitrogens with zero attached hydrogens (tertiary/aromatic N) is 1. The van der Waals surface area contributed by atoms with Crippen LogP contribution in [0.2, 0.25) is 0 Å². The lowest BCUT2D eigenvalue weighted by molar-refractivity contribution is -0.376. The maximum absolute atomic E-state index is 13.8. The first-order chi connectivity index (χ1) is 19.0. The van der Waals surface area contributed by atoms with E-state index in [0.717, 1.165) is 15.9 Å². The smallest absolute Gasteiger partial charge is 0.378 e. The first kappa shape index (κ1) is 30.8. The Hall–Kier alpha value is -3.17. The number of ketones is 1. The second kappa shape index (κ2) is 10.9. The Bertz CT molecular complexity index is 1410. The fourth-order valence-electron chi connectivity index (χ4n) is 4.91. The van der Waals surface area contributed by atoms with E-state index in [2.05, 4.69) is 5.32 Å². The Labute approximate surface area is 231 Å². The van der Waals surface area contributed by atoms with E-state index in [4.69, 9.17) is 4.74 Å². The summed E-state index contributed by atoms with van der Waals surface area (Å²) in [6.45, 7) is 1.85. The molecule has 2 aliphatic rings. The number of aryl methyl sites for hydroxylation is 2. The number of rotatable bonds is 6. The van der Waals surface area contributed by atoms with E-state index in [-0.39, 0.29) is 54.4 Å². The first-order valence-corrected chi connectivity index (χ1v) is 13.9. The van der Waals surface area contributed by atoms with E-state index in [9.17, 15) is 49.5 Å². The van der Waals surface area contributed by atoms with Crippen molar-refractivity contribution in [3.8, 4) is 0 Å². The van der Waals surface area contributed by atoms with Gasteiger partial charge in [-0.15, -0.1) is 0 Å². The van der Waals surface area contributed by atoms with Crippen LogP contribution in [0.1, 0.15) is 36.0 Å². The zero-order chi connectivity index (χ0) is 30.4. The van der Waals surface area contributed by atoms with Crippen molar-refractivity contribution in [2.24, 2.45) is 0 Å². The van der Waals surface area contributed by atoms with Gasteiger partial charge in [0.05, 0.1) is 29.8 Å². The van der Waals surface area contributed by atoms with Crippen LogP contribution in [0.25, 0.3) is 0 Å². The minimum atomic E-state index is -6.12. The highest BCUT2D eigenvalue weighted by Crippen LogP contribution is 2.51. The van der Waals surface area contributed by atoms with E-state index in [1.54, 1.807) is 6.92 Å². The molecule has 2 aromatic rings. The van der Waals surface area contributed by atoms with Gasteiger partial charge in [0.1, 0.15) is 6.04 Å². The molecule has 2 atom stereocenters. The zero-order valence-corrected chi connectivity index (χ0v) is 22.4. The molecule has 4 rings (SSSR count). The van der Waals surface area contributed by atoms with Crippen LogP contribution >= 0.6 is 0 Å². The van der Waals surface area contributed by atoms with Gasteiger partial charge in [0.2, 0.25) is 5.91 Å². The van der Waals surface area contributed by atoms with E-state index in [0.29, 0.717) is 12.1 Å². The molecule has 2 heterocycles. The lowest BCUT2D eigenvalue weighted by atomic mass is 9.87. The van der Waals surface area contributed by atoms with Crippen molar-refractivity contribution in [2.75, 3.05) is 17.5 Å². The van der Waals surface area contributed by atoms with Gasteiger partial charge in [-0.1, -0.05) is 29.8 Å². The molecular weight excluding hydrogens is 582 g/mol. The summed E-state index contributed by atoms with van der Waals surface area (Å²) >= 11 is 0. The third kappa shape index (κ3) is 5.79. The van der Waals surface area contributed by atoms with Crippen molar-refractivity contribution in [3.63, 3.8) is 0 Å². The number of fused-ring (bicyclic) bond motifs is 1. The Kier molecular flexibility index (Phi) is 8.19. The van der Waals surface area contributed by atoms with Gasteiger partial charge >= 0.3 is 12.4 Å². The molecule has 0 aromatic heterocycles. The highest BCUT2D eigenvalue weighted by Gasteiger charge is 2.71. The number of sulfonamides is 1. The lowest BCUT2D eigenvalue weighted by Crippen LogP contribution is -2.54. The highest BCUT2D eigenvalue weighted by molar-refractivity contribution is 7.92. The maximum Gasteiger partial charge on any atom is 0.430 e. The van der Waals surface area contributed by atoms with Crippen LogP contribution in [0.4, 0.5) is 32.0 Å². The van der Waals surface area contributed by atoms with Gasteiger partial charge in [0.15, 0.2) is 5.78 Å². The number of carbonyl (C=O) groups excluding carboxylic acids is 2. The summed E-state index contributed by atoms with van der Waals surface area (Å²) in [4.78, 5) is 24.7. The van der Waals surface area contributed by atoms with Gasteiger partial charge in [0, 0.05) is 18.4 Å². The van der Waals surface area contributed by atoms with E-state index < -0.39 is 58.0 Å². The lowest BCUT2D eigenvalue weighted by Gasteiger charge is -2.39. The number of hydrogen-bond donors (Lipinski definition) is 2. The largest absolute Gasteiger partial charge is 0.430 e. The second-order valence-electron chi connectivity index (χ2n) is 9.97. The number of carbonyl (C=O) groups is 2. The number of alkyl halides is 6. The predicted molar refractivity (Wildman–Crippen MR) is 132 cm³/mol. The summed E-state index contributed by atoms with van der Waals surface area (Å²) in [5.41, 5.74) is -6.42. The molecule has 0 aliphatic carbocycles. The fraction of sp³-hybridized carbons (Fsp3) is 0.462. The predicted octanol–water partition coefficient (Wildman–Crippen LogP) is 3.68. The van der Waals surface area contributed by atoms with Crippen molar-refractivity contribution in [2.45, 2.75) is 67.5 Å². The van der Waals surface area contributed by atoms with Crippen molar-refractivity contribution in [1.82, 2.24) is 5.32 Å². The SMILES string of the molecule is Cc1ccc(S(=O)(=O)N2c3ccc(C(O)(C(F)(F)F)C(F)(F)F)cc3CC[C@H]2CC(=O)NC2COCCC2=O)cc1. The molecular formula is C26H26F6N2O6S. The summed E-state index contributed by atoms with van der Waals surface area (Å²) in [5, 5.41) is 12.4. The number of anilines is 1. The summed E-state index contributed by atoms with van der Waals surface area (Å²) in [6, 6.07) is 5.18. The van der Waals surface area contributed by atoms with Crippen LogP contribution in [0.5, 0.6) is 0 Å². The van der Waals surface area contributed by atoms with E-state index in [1.807, 2.05) is 0 Å². The number of benzene rings is 2. The molecule has 0 radical (unpaired) electrons. The maximum atomic E-state index is 13.8. The van der Waals surface area contributed by atoms with Gasteiger partial charge < -0.3 is 15.2 Å². The van der Waals surface area contributed by atoms with Gasteiger partial charge in [0.25, 0.3) is 15.6 Å².